The van der Waals surface area contributed by atoms with Gasteiger partial charge in [-0.1, -0.05) is 11.6 Å². The highest BCUT2D eigenvalue weighted by Crippen LogP contribution is 2.18. The van der Waals surface area contributed by atoms with Crippen LogP contribution in [0.4, 0.5) is 0 Å². The van der Waals surface area contributed by atoms with Gasteiger partial charge in [0.15, 0.2) is 5.65 Å². The van der Waals surface area contributed by atoms with Crippen molar-refractivity contribution in [2.24, 2.45) is 0 Å². The van der Waals surface area contributed by atoms with Crippen LogP contribution < -0.4 is 0 Å². The minimum absolute atomic E-state index is 0.695. The Labute approximate surface area is 105 Å². The molecule has 0 saturated carbocycles. The number of morpholine rings is 1. The van der Waals surface area contributed by atoms with E-state index in [1.165, 1.54) is 5.69 Å². The minimum atomic E-state index is 0.695. The van der Waals surface area contributed by atoms with Crippen LogP contribution in [0.2, 0.25) is 5.02 Å². The predicted octanol–water partition coefficient (Wildman–Crippen LogP) is 1.82. The lowest BCUT2D eigenvalue weighted by Gasteiger charge is -2.26. The van der Waals surface area contributed by atoms with Gasteiger partial charge in [0.25, 0.3) is 0 Å². The molecule has 2 aromatic rings. The molecule has 0 unspecified atom stereocenters. The zero-order valence-corrected chi connectivity index (χ0v) is 10.2. The second kappa shape index (κ2) is 4.64. The molecule has 0 bridgehead atoms. The van der Waals surface area contributed by atoms with E-state index in [9.17, 15) is 0 Å². The Kier molecular flexibility index (Phi) is 3.01. The van der Waals surface area contributed by atoms with Crippen molar-refractivity contribution in [3.8, 4) is 0 Å². The van der Waals surface area contributed by atoms with Gasteiger partial charge in [0.2, 0.25) is 0 Å². The monoisotopic (exact) mass is 251 g/mol. The van der Waals surface area contributed by atoms with Gasteiger partial charge in [-0.15, -0.1) is 0 Å². The molecule has 90 valence electrons. The molecule has 17 heavy (non-hydrogen) atoms. The lowest BCUT2D eigenvalue weighted by molar-refractivity contribution is 0.0335. The summed E-state index contributed by atoms with van der Waals surface area (Å²) in [6, 6.07) is 3.81. The highest BCUT2D eigenvalue weighted by molar-refractivity contribution is 6.33. The molecule has 0 aliphatic carbocycles. The Morgan fingerprint density at radius 3 is 3.00 bits per heavy atom. The van der Waals surface area contributed by atoms with Crippen LogP contribution in [0.3, 0.4) is 0 Å². The molecule has 0 atom stereocenters. The molecular formula is C12H14ClN3O. The first-order valence-corrected chi connectivity index (χ1v) is 6.13. The molecule has 1 aliphatic rings. The number of ether oxygens (including phenoxy) is 1. The quantitative estimate of drug-likeness (QED) is 0.816. The summed E-state index contributed by atoms with van der Waals surface area (Å²) < 4.78 is 7.39. The van der Waals surface area contributed by atoms with E-state index in [0.29, 0.717) is 5.02 Å². The fraction of sp³-hybridized carbons (Fsp3) is 0.417. The Balaban J connectivity index is 1.87. The van der Waals surface area contributed by atoms with Crippen molar-refractivity contribution in [1.29, 1.82) is 0 Å². The summed E-state index contributed by atoms with van der Waals surface area (Å²) >= 11 is 6.10. The third kappa shape index (κ3) is 2.16. The van der Waals surface area contributed by atoms with E-state index >= 15 is 0 Å². The molecule has 3 heterocycles. The third-order valence-electron chi connectivity index (χ3n) is 3.05. The van der Waals surface area contributed by atoms with E-state index in [1.807, 2.05) is 24.5 Å². The fourth-order valence-corrected chi connectivity index (χ4v) is 2.35. The molecule has 0 N–H and O–H groups in total. The molecule has 1 fully saturated rings. The number of hydrogen-bond acceptors (Lipinski definition) is 3. The first kappa shape index (κ1) is 11.0. The van der Waals surface area contributed by atoms with E-state index in [4.69, 9.17) is 16.3 Å². The van der Waals surface area contributed by atoms with Gasteiger partial charge in [-0.25, -0.2) is 4.98 Å². The fourth-order valence-electron chi connectivity index (χ4n) is 2.13. The second-order valence-electron chi connectivity index (χ2n) is 4.19. The van der Waals surface area contributed by atoms with Gasteiger partial charge in [-0.2, -0.15) is 0 Å². The van der Waals surface area contributed by atoms with Gasteiger partial charge in [0, 0.05) is 25.8 Å². The minimum Gasteiger partial charge on any atom is -0.379 e. The number of rotatable bonds is 2. The van der Waals surface area contributed by atoms with Crippen LogP contribution in [-0.4, -0.2) is 40.6 Å². The zero-order valence-electron chi connectivity index (χ0n) is 9.47. The van der Waals surface area contributed by atoms with Crippen molar-refractivity contribution in [3.63, 3.8) is 0 Å². The second-order valence-corrected chi connectivity index (χ2v) is 4.59. The Bertz CT molecular complexity index is 519. The van der Waals surface area contributed by atoms with Crippen LogP contribution in [0.5, 0.6) is 0 Å². The summed E-state index contributed by atoms with van der Waals surface area (Å²) in [5, 5.41) is 0.695. The first-order chi connectivity index (χ1) is 8.34. The molecule has 0 aromatic carbocycles. The van der Waals surface area contributed by atoms with Crippen LogP contribution in [0.1, 0.15) is 5.69 Å². The molecule has 3 rings (SSSR count). The Hall–Kier alpha value is -1.10. The average molecular weight is 252 g/mol. The predicted molar refractivity (Wildman–Crippen MR) is 66.3 cm³/mol. The summed E-state index contributed by atoms with van der Waals surface area (Å²) in [6.45, 7) is 4.49. The summed E-state index contributed by atoms with van der Waals surface area (Å²) in [5.41, 5.74) is 2.00. The van der Waals surface area contributed by atoms with Gasteiger partial charge in [-0.05, 0) is 12.1 Å². The molecule has 0 spiro atoms. The van der Waals surface area contributed by atoms with Crippen molar-refractivity contribution in [3.05, 3.63) is 35.2 Å². The van der Waals surface area contributed by atoms with Crippen LogP contribution in [0.25, 0.3) is 5.65 Å². The largest absolute Gasteiger partial charge is 0.379 e. The highest BCUT2D eigenvalue weighted by atomic mass is 35.5. The van der Waals surface area contributed by atoms with Gasteiger partial charge >= 0.3 is 0 Å². The molecule has 0 amide bonds. The summed E-state index contributed by atoms with van der Waals surface area (Å²) in [7, 11) is 0. The van der Waals surface area contributed by atoms with Crippen molar-refractivity contribution in [2.45, 2.75) is 6.54 Å². The maximum Gasteiger partial charge on any atom is 0.155 e. The van der Waals surface area contributed by atoms with Crippen LogP contribution in [0.15, 0.2) is 24.5 Å². The molecule has 4 nitrogen and oxygen atoms in total. The van der Waals surface area contributed by atoms with E-state index in [0.717, 1.165) is 38.5 Å². The van der Waals surface area contributed by atoms with E-state index in [2.05, 4.69) is 14.3 Å². The van der Waals surface area contributed by atoms with E-state index in [-0.39, 0.29) is 0 Å². The zero-order chi connectivity index (χ0) is 11.7. The number of fused-ring (bicyclic) bond motifs is 1. The number of nitrogens with zero attached hydrogens (tertiary/aromatic N) is 3. The Morgan fingerprint density at radius 2 is 2.18 bits per heavy atom. The van der Waals surface area contributed by atoms with Gasteiger partial charge < -0.3 is 9.14 Å². The molecular weight excluding hydrogens is 238 g/mol. The number of pyridine rings is 1. The summed E-state index contributed by atoms with van der Waals surface area (Å²) in [4.78, 5) is 6.73. The Morgan fingerprint density at radius 1 is 1.35 bits per heavy atom. The van der Waals surface area contributed by atoms with Gasteiger partial charge in [0.05, 0.1) is 30.1 Å². The normalized spacial score (nSPS) is 17.7. The van der Waals surface area contributed by atoms with Crippen LogP contribution in [0, 0.1) is 0 Å². The standard InChI is InChI=1S/C12H14ClN3O/c13-11-2-1-3-16-10(8-14-12(11)16)9-15-4-6-17-7-5-15/h1-3,8H,4-7,9H2. The number of hydrogen-bond donors (Lipinski definition) is 0. The maximum absolute atomic E-state index is 6.10. The SMILES string of the molecule is Clc1cccn2c(CN3CCOCC3)cnc12. The first-order valence-electron chi connectivity index (χ1n) is 5.75. The molecule has 1 saturated heterocycles. The van der Waals surface area contributed by atoms with Crippen molar-refractivity contribution < 1.29 is 4.74 Å². The maximum atomic E-state index is 6.10. The lowest BCUT2D eigenvalue weighted by atomic mass is 10.3. The van der Waals surface area contributed by atoms with Crippen molar-refractivity contribution in [2.75, 3.05) is 26.3 Å². The number of imidazole rings is 1. The molecule has 5 heteroatoms. The van der Waals surface area contributed by atoms with Gasteiger partial charge in [0.1, 0.15) is 0 Å². The topological polar surface area (TPSA) is 29.8 Å². The number of aromatic nitrogens is 2. The summed E-state index contributed by atoms with van der Waals surface area (Å²) in [5.74, 6) is 0. The van der Waals surface area contributed by atoms with Crippen molar-refractivity contribution in [1.82, 2.24) is 14.3 Å². The van der Waals surface area contributed by atoms with Crippen LogP contribution >= 0.6 is 11.6 Å². The van der Waals surface area contributed by atoms with E-state index in [1.54, 1.807) is 0 Å². The smallest absolute Gasteiger partial charge is 0.155 e. The lowest BCUT2D eigenvalue weighted by Crippen LogP contribution is -2.35. The average Bonchev–Trinajstić information content (AvgIpc) is 2.76. The molecule has 1 aliphatic heterocycles. The molecule has 0 radical (unpaired) electrons. The van der Waals surface area contributed by atoms with Crippen LogP contribution in [-0.2, 0) is 11.3 Å². The van der Waals surface area contributed by atoms with Crippen molar-refractivity contribution >= 4 is 17.2 Å². The van der Waals surface area contributed by atoms with E-state index < -0.39 is 0 Å². The van der Waals surface area contributed by atoms with Gasteiger partial charge in [-0.3, -0.25) is 4.90 Å². The number of halogens is 1. The highest BCUT2D eigenvalue weighted by Gasteiger charge is 2.13. The third-order valence-corrected chi connectivity index (χ3v) is 3.35. The molecule has 2 aromatic heterocycles. The summed E-state index contributed by atoms with van der Waals surface area (Å²) in [6.07, 6.45) is 3.90.